The van der Waals surface area contributed by atoms with E-state index in [2.05, 4.69) is 32.3 Å². The van der Waals surface area contributed by atoms with Crippen LogP contribution >= 0.6 is 23.1 Å². The van der Waals surface area contributed by atoms with Gasteiger partial charge >= 0.3 is 0 Å². The Balaban J connectivity index is 1.69. The van der Waals surface area contributed by atoms with Gasteiger partial charge in [-0.1, -0.05) is 36.1 Å². The largest absolute Gasteiger partial charge is 0.494 e. The number of carbonyl (C=O) groups excluding carboxylic acids is 1. The van der Waals surface area contributed by atoms with E-state index in [-0.39, 0.29) is 11.7 Å². The molecule has 1 aromatic carbocycles. The topological polar surface area (TPSA) is 94.8 Å². The van der Waals surface area contributed by atoms with Gasteiger partial charge in [-0.2, -0.15) is 0 Å². The molecule has 0 aliphatic carbocycles. The Labute approximate surface area is 177 Å². The number of thioether (sulfide) groups is 1. The van der Waals surface area contributed by atoms with Gasteiger partial charge < -0.3 is 4.74 Å². The first-order valence-electron chi connectivity index (χ1n) is 9.17. The molecular formula is C19H22N6O2S2. The number of hydrogen-bond acceptors (Lipinski definition) is 8. The summed E-state index contributed by atoms with van der Waals surface area (Å²) < 4.78 is 7.42. The van der Waals surface area contributed by atoms with Crippen molar-refractivity contribution in [3.8, 4) is 17.1 Å². The van der Waals surface area contributed by atoms with Gasteiger partial charge in [-0.25, -0.2) is 0 Å². The molecular weight excluding hydrogens is 408 g/mol. The molecule has 2 heterocycles. The van der Waals surface area contributed by atoms with Gasteiger partial charge in [-0.3, -0.25) is 14.7 Å². The van der Waals surface area contributed by atoms with Crippen LogP contribution < -0.4 is 10.1 Å². The molecule has 1 N–H and O–H groups in total. The predicted molar refractivity (Wildman–Crippen MR) is 115 cm³/mol. The Bertz CT molecular complexity index is 967. The fourth-order valence-corrected chi connectivity index (χ4v) is 3.95. The zero-order valence-electron chi connectivity index (χ0n) is 16.3. The summed E-state index contributed by atoms with van der Waals surface area (Å²) >= 11 is 2.69. The Morgan fingerprint density at radius 2 is 2.03 bits per heavy atom. The maximum absolute atomic E-state index is 12.2. The van der Waals surface area contributed by atoms with Gasteiger partial charge in [-0.15, -0.1) is 27.0 Å². The molecule has 0 fully saturated rings. The molecule has 0 saturated carbocycles. The van der Waals surface area contributed by atoms with Crippen LogP contribution in [-0.4, -0.2) is 43.2 Å². The molecule has 1 amide bonds. The SMILES string of the molecule is C=CCn1c(SCC(=O)Nc2nnc(CC)s2)nnc1-c1ccc(OCC)cc1. The molecule has 2 aromatic heterocycles. The van der Waals surface area contributed by atoms with Crippen LogP contribution in [0.15, 0.2) is 42.1 Å². The number of carbonyl (C=O) groups is 1. The second-order valence-corrected chi connectivity index (χ2v) is 7.86. The Morgan fingerprint density at radius 1 is 1.24 bits per heavy atom. The van der Waals surface area contributed by atoms with E-state index >= 15 is 0 Å². The number of nitrogens with one attached hydrogen (secondary N) is 1. The average Bonchev–Trinajstić information content (AvgIpc) is 3.34. The molecule has 0 aliphatic rings. The number of nitrogens with zero attached hydrogens (tertiary/aromatic N) is 5. The van der Waals surface area contributed by atoms with Crippen LogP contribution in [0.1, 0.15) is 18.9 Å². The molecule has 3 rings (SSSR count). The Hall–Kier alpha value is -2.72. The van der Waals surface area contributed by atoms with E-state index in [9.17, 15) is 4.79 Å². The number of benzene rings is 1. The van der Waals surface area contributed by atoms with Crippen molar-refractivity contribution >= 4 is 34.1 Å². The standard InChI is InChI=1S/C19H22N6O2S2/c1-4-11-25-17(13-7-9-14(10-8-13)27-6-3)22-24-19(25)28-12-15(26)20-18-23-21-16(5-2)29-18/h4,7-10H,1,5-6,11-12H2,2-3H3,(H,20,23,26). The van der Waals surface area contributed by atoms with Crippen molar-refractivity contribution in [1.29, 1.82) is 0 Å². The molecule has 152 valence electrons. The smallest absolute Gasteiger partial charge is 0.236 e. The molecule has 0 bridgehead atoms. The van der Waals surface area contributed by atoms with Crippen LogP contribution in [0, 0.1) is 0 Å². The van der Waals surface area contributed by atoms with Crippen molar-refractivity contribution < 1.29 is 9.53 Å². The fourth-order valence-electron chi connectivity index (χ4n) is 2.50. The predicted octanol–water partition coefficient (Wildman–Crippen LogP) is 3.67. The van der Waals surface area contributed by atoms with E-state index in [0.29, 0.717) is 29.3 Å². The van der Waals surface area contributed by atoms with Crippen molar-refractivity contribution in [2.45, 2.75) is 32.0 Å². The summed E-state index contributed by atoms with van der Waals surface area (Å²) in [6.45, 7) is 8.91. The van der Waals surface area contributed by atoms with Crippen LogP contribution in [0.3, 0.4) is 0 Å². The third-order valence-electron chi connectivity index (χ3n) is 3.80. The highest BCUT2D eigenvalue weighted by Gasteiger charge is 2.16. The first-order chi connectivity index (χ1) is 14.1. The van der Waals surface area contributed by atoms with Gasteiger partial charge in [0.05, 0.1) is 12.4 Å². The summed E-state index contributed by atoms with van der Waals surface area (Å²) in [5.41, 5.74) is 0.917. The number of rotatable bonds is 10. The van der Waals surface area contributed by atoms with Crippen molar-refractivity contribution in [2.24, 2.45) is 0 Å². The van der Waals surface area contributed by atoms with Gasteiger partial charge in [0.2, 0.25) is 11.0 Å². The third kappa shape index (κ3) is 5.42. The van der Waals surface area contributed by atoms with E-state index in [1.54, 1.807) is 6.08 Å². The molecule has 0 saturated heterocycles. The minimum atomic E-state index is -0.162. The minimum absolute atomic E-state index is 0.162. The summed E-state index contributed by atoms with van der Waals surface area (Å²) in [6, 6.07) is 7.68. The number of allylic oxidation sites excluding steroid dienone is 1. The van der Waals surface area contributed by atoms with E-state index in [1.807, 2.05) is 42.7 Å². The first kappa shape index (κ1) is 21.0. The van der Waals surface area contributed by atoms with Crippen molar-refractivity contribution in [2.75, 3.05) is 17.7 Å². The monoisotopic (exact) mass is 430 g/mol. The number of aryl methyl sites for hydroxylation is 1. The molecule has 0 unspecified atom stereocenters. The maximum Gasteiger partial charge on any atom is 0.236 e. The zero-order valence-corrected chi connectivity index (χ0v) is 17.9. The second kappa shape index (κ2) is 10.2. The molecule has 10 heteroatoms. The molecule has 0 radical (unpaired) electrons. The average molecular weight is 431 g/mol. The maximum atomic E-state index is 12.2. The lowest BCUT2D eigenvalue weighted by molar-refractivity contribution is -0.113. The van der Waals surface area contributed by atoms with E-state index < -0.39 is 0 Å². The van der Waals surface area contributed by atoms with E-state index in [1.165, 1.54) is 23.1 Å². The van der Waals surface area contributed by atoms with Gasteiger partial charge in [0.15, 0.2) is 11.0 Å². The summed E-state index contributed by atoms with van der Waals surface area (Å²) in [5.74, 6) is 1.55. The highest BCUT2D eigenvalue weighted by atomic mass is 32.2. The minimum Gasteiger partial charge on any atom is -0.494 e. The zero-order chi connectivity index (χ0) is 20.6. The lowest BCUT2D eigenvalue weighted by atomic mass is 10.2. The fraction of sp³-hybridized carbons (Fsp3) is 0.316. The Morgan fingerprint density at radius 3 is 2.69 bits per heavy atom. The van der Waals surface area contributed by atoms with E-state index in [0.717, 1.165) is 22.7 Å². The van der Waals surface area contributed by atoms with Gasteiger partial charge in [0.25, 0.3) is 0 Å². The highest BCUT2D eigenvalue weighted by Crippen LogP contribution is 2.26. The summed E-state index contributed by atoms with van der Waals surface area (Å²) in [4.78, 5) is 12.2. The molecule has 3 aromatic rings. The molecule has 29 heavy (non-hydrogen) atoms. The van der Waals surface area contributed by atoms with Crippen molar-refractivity contribution in [3.63, 3.8) is 0 Å². The number of aromatic nitrogens is 5. The number of amides is 1. The van der Waals surface area contributed by atoms with E-state index in [4.69, 9.17) is 4.74 Å². The lowest BCUT2D eigenvalue weighted by Gasteiger charge is -2.08. The van der Waals surface area contributed by atoms with Crippen LogP contribution in [0.5, 0.6) is 5.75 Å². The lowest BCUT2D eigenvalue weighted by Crippen LogP contribution is -2.14. The second-order valence-electron chi connectivity index (χ2n) is 5.85. The van der Waals surface area contributed by atoms with Crippen LogP contribution in [0.25, 0.3) is 11.4 Å². The number of ether oxygens (including phenoxy) is 1. The summed E-state index contributed by atoms with van der Waals surface area (Å²) in [5, 5.41) is 21.3. The summed E-state index contributed by atoms with van der Waals surface area (Å²) in [6.07, 6.45) is 2.57. The van der Waals surface area contributed by atoms with Crippen LogP contribution in [0.2, 0.25) is 0 Å². The quantitative estimate of drug-likeness (QED) is 0.387. The highest BCUT2D eigenvalue weighted by molar-refractivity contribution is 7.99. The number of hydrogen-bond donors (Lipinski definition) is 1. The summed E-state index contributed by atoms with van der Waals surface area (Å²) in [7, 11) is 0. The van der Waals surface area contributed by atoms with Crippen molar-refractivity contribution in [3.05, 3.63) is 41.9 Å². The third-order valence-corrected chi connectivity index (χ3v) is 5.75. The Kier molecular flexibility index (Phi) is 7.36. The van der Waals surface area contributed by atoms with Gasteiger partial charge in [-0.05, 0) is 37.6 Å². The first-order valence-corrected chi connectivity index (χ1v) is 11.0. The normalized spacial score (nSPS) is 10.7. The molecule has 0 atom stereocenters. The molecule has 0 spiro atoms. The molecule has 0 aliphatic heterocycles. The van der Waals surface area contributed by atoms with Crippen LogP contribution in [0.4, 0.5) is 5.13 Å². The van der Waals surface area contributed by atoms with Crippen LogP contribution in [-0.2, 0) is 17.8 Å². The molecule has 8 nitrogen and oxygen atoms in total. The number of anilines is 1. The van der Waals surface area contributed by atoms with Gasteiger partial charge in [0, 0.05) is 12.1 Å². The van der Waals surface area contributed by atoms with Crippen molar-refractivity contribution in [1.82, 2.24) is 25.0 Å². The van der Waals surface area contributed by atoms with Gasteiger partial charge in [0.1, 0.15) is 10.8 Å².